The predicted molar refractivity (Wildman–Crippen MR) is 157 cm³/mol. The average molecular weight is 568 g/mol. The minimum absolute atomic E-state index is 0.00224. The average Bonchev–Trinajstić information content (AvgIpc) is 2.89. The van der Waals surface area contributed by atoms with Gasteiger partial charge < -0.3 is 10.2 Å². The summed E-state index contributed by atoms with van der Waals surface area (Å²) in [5.74, 6) is -1.29. The van der Waals surface area contributed by atoms with Crippen LogP contribution in [0.1, 0.15) is 42.0 Å². The predicted octanol–water partition coefficient (Wildman–Crippen LogP) is 4.76. The third-order valence-corrected chi connectivity index (χ3v) is 7.68. The lowest BCUT2D eigenvalue weighted by molar-refractivity contribution is -0.140. The summed E-state index contributed by atoms with van der Waals surface area (Å²) in [6.45, 7) is 5.70. The Morgan fingerprint density at radius 3 is 2.12 bits per heavy atom. The van der Waals surface area contributed by atoms with E-state index in [9.17, 15) is 22.4 Å². The first-order chi connectivity index (χ1) is 19.0. The lowest BCUT2D eigenvalue weighted by atomic mass is 10.0. The first kappa shape index (κ1) is 30.8. The van der Waals surface area contributed by atoms with Gasteiger partial charge in [0.1, 0.15) is 18.4 Å². The molecule has 1 N–H and O–H groups in total. The number of carbonyl (C=O) groups is 2. The van der Waals surface area contributed by atoms with Gasteiger partial charge in [0.2, 0.25) is 21.8 Å². The number of benzene rings is 3. The monoisotopic (exact) mass is 567 g/mol. The molecule has 3 rings (SSSR count). The van der Waals surface area contributed by atoms with Crippen molar-refractivity contribution in [2.24, 2.45) is 0 Å². The SMILES string of the molecule is CCCCNC(=O)[C@H](Cc1ccccc1)N(Cc1ccc(F)cc1)C(=O)CN(c1cc(C)cc(C)c1)S(C)(=O)=O. The summed E-state index contributed by atoms with van der Waals surface area (Å²) in [5.41, 5.74) is 3.56. The van der Waals surface area contributed by atoms with Crippen LogP contribution in [0.2, 0.25) is 0 Å². The molecule has 0 aliphatic rings. The Balaban J connectivity index is 2.04. The van der Waals surface area contributed by atoms with Crippen LogP contribution >= 0.6 is 0 Å². The number of aryl methyl sites for hydroxylation is 2. The van der Waals surface area contributed by atoms with E-state index in [1.165, 1.54) is 17.0 Å². The van der Waals surface area contributed by atoms with Crippen molar-refractivity contribution >= 4 is 27.5 Å². The largest absolute Gasteiger partial charge is 0.354 e. The Labute approximate surface area is 237 Å². The zero-order valence-electron chi connectivity index (χ0n) is 23.6. The van der Waals surface area contributed by atoms with Gasteiger partial charge in [0.25, 0.3) is 0 Å². The van der Waals surface area contributed by atoms with Gasteiger partial charge in [-0.25, -0.2) is 12.8 Å². The molecule has 3 aromatic carbocycles. The third kappa shape index (κ3) is 8.91. The molecule has 0 heterocycles. The lowest BCUT2D eigenvalue weighted by Crippen LogP contribution is -2.53. The van der Waals surface area contributed by atoms with Crippen molar-refractivity contribution in [2.75, 3.05) is 23.7 Å². The van der Waals surface area contributed by atoms with Crippen LogP contribution in [-0.4, -0.2) is 50.5 Å². The Kier molecular flexibility index (Phi) is 10.8. The zero-order chi connectivity index (χ0) is 29.3. The van der Waals surface area contributed by atoms with E-state index in [2.05, 4.69) is 5.32 Å². The summed E-state index contributed by atoms with van der Waals surface area (Å²) < 4.78 is 40.6. The van der Waals surface area contributed by atoms with Gasteiger partial charge in [0.15, 0.2) is 0 Å². The van der Waals surface area contributed by atoms with Gasteiger partial charge in [-0.3, -0.25) is 13.9 Å². The molecule has 7 nitrogen and oxygen atoms in total. The first-order valence-corrected chi connectivity index (χ1v) is 15.2. The molecule has 214 valence electrons. The number of halogens is 1. The second-order valence-corrected chi connectivity index (χ2v) is 12.0. The van der Waals surface area contributed by atoms with Crippen LogP contribution in [0.15, 0.2) is 72.8 Å². The van der Waals surface area contributed by atoms with E-state index in [1.807, 2.05) is 57.2 Å². The van der Waals surface area contributed by atoms with E-state index in [0.717, 1.165) is 40.1 Å². The summed E-state index contributed by atoms with van der Waals surface area (Å²) in [4.78, 5) is 29.0. The number of carbonyl (C=O) groups excluding carboxylic acids is 2. The van der Waals surface area contributed by atoms with Crippen molar-refractivity contribution < 1.29 is 22.4 Å². The molecular formula is C31H38FN3O4S. The summed E-state index contributed by atoms with van der Waals surface area (Å²) >= 11 is 0. The molecule has 0 bridgehead atoms. The molecule has 1 atom stereocenters. The van der Waals surface area contributed by atoms with E-state index in [0.29, 0.717) is 17.8 Å². The fourth-order valence-electron chi connectivity index (χ4n) is 4.55. The number of hydrogen-bond acceptors (Lipinski definition) is 4. The maximum absolute atomic E-state index is 14.0. The quantitative estimate of drug-likeness (QED) is 0.302. The number of amides is 2. The number of sulfonamides is 1. The van der Waals surface area contributed by atoms with Crippen molar-refractivity contribution in [3.8, 4) is 0 Å². The molecule has 2 amide bonds. The fourth-order valence-corrected chi connectivity index (χ4v) is 5.39. The third-order valence-electron chi connectivity index (χ3n) is 6.54. The second-order valence-electron chi connectivity index (χ2n) is 10.1. The second kappa shape index (κ2) is 14.1. The van der Waals surface area contributed by atoms with Crippen LogP contribution in [-0.2, 0) is 32.6 Å². The number of rotatable bonds is 13. The Bertz CT molecular complexity index is 1380. The molecule has 0 aliphatic heterocycles. The molecule has 0 unspecified atom stereocenters. The molecule has 0 saturated heterocycles. The van der Waals surface area contributed by atoms with Crippen molar-refractivity contribution in [3.05, 3.63) is 101 Å². The minimum atomic E-state index is -3.85. The van der Waals surface area contributed by atoms with Gasteiger partial charge in [-0.05, 0) is 66.8 Å². The fraction of sp³-hybridized carbons (Fsp3) is 0.355. The van der Waals surface area contributed by atoms with Crippen LogP contribution in [0.5, 0.6) is 0 Å². The van der Waals surface area contributed by atoms with Gasteiger partial charge in [-0.2, -0.15) is 0 Å². The molecule has 0 saturated carbocycles. The number of hydrogen-bond donors (Lipinski definition) is 1. The van der Waals surface area contributed by atoms with Crippen molar-refractivity contribution in [1.29, 1.82) is 0 Å². The highest BCUT2D eigenvalue weighted by Gasteiger charge is 2.33. The molecule has 9 heteroatoms. The van der Waals surface area contributed by atoms with Crippen molar-refractivity contribution in [2.45, 2.75) is 52.6 Å². The topological polar surface area (TPSA) is 86.8 Å². The van der Waals surface area contributed by atoms with E-state index in [4.69, 9.17) is 0 Å². The molecular weight excluding hydrogens is 529 g/mol. The molecule has 40 heavy (non-hydrogen) atoms. The van der Waals surface area contributed by atoms with Crippen LogP contribution in [0.4, 0.5) is 10.1 Å². The summed E-state index contributed by atoms with van der Waals surface area (Å²) in [6.07, 6.45) is 2.96. The smallest absolute Gasteiger partial charge is 0.244 e. The van der Waals surface area contributed by atoms with E-state index in [1.54, 1.807) is 24.3 Å². The maximum Gasteiger partial charge on any atom is 0.244 e. The van der Waals surface area contributed by atoms with Gasteiger partial charge in [0, 0.05) is 19.5 Å². The maximum atomic E-state index is 14.0. The molecule has 0 aromatic heterocycles. The van der Waals surface area contributed by atoms with E-state index in [-0.39, 0.29) is 18.9 Å². The molecule has 0 fully saturated rings. The van der Waals surface area contributed by atoms with Gasteiger partial charge in [-0.1, -0.05) is 61.9 Å². The number of anilines is 1. The molecule has 0 spiro atoms. The van der Waals surface area contributed by atoms with Crippen LogP contribution < -0.4 is 9.62 Å². The van der Waals surface area contributed by atoms with E-state index >= 15 is 0 Å². The number of unbranched alkanes of at least 4 members (excludes halogenated alkanes) is 1. The lowest BCUT2D eigenvalue weighted by Gasteiger charge is -2.33. The standard InChI is InChI=1S/C31H38FN3O4S/c1-5-6-16-33-31(37)29(20-25-10-8-7-9-11-25)34(21-26-12-14-27(32)15-13-26)30(36)22-35(40(4,38)39)28-18-23(2)17-24(3)19-28/h7-15,17-19,29H,5-6,16,20-22H2,1-4H3,(H,33,37)/t29-/m0/s1. The Morgan fingerprint density at radius 1 is 0.925 bits per heavy atom. The molecule has 0 radical (unpaired) electrons. The summed E-state index contributed by atoms with van der Waals surface area (Å²) in [6, 6.07) is 19.5. The Morgan fingerprint density at radius 2 is 1.55 bits per heavy atom. The van der Waals surface area contributed by atoms with Crippen LogP contribution in [0, 0.1) is 19.7 Å². The van der Waals surface area contributed by atoms with Crippen molar-refractivity contribution in [3.63, 3.8) is 0 Å². The Hall–Kier alpha value is -3.72. The zero-order valence-corrected chi connectivity index (χ0v) is 24.4. The van der Waals surface area contributed by atoms with Gasteiger partial charge >= 0.3 is 0 Å². The summed E-state index contributed by atoms with van der Waals surface area (Å²) in [7, 11) is -3.85. The summed E-state index contributed by atoms with van der Waals surface area (Å²) in [5, 5.41) is 2.94. The molecule has 0 aliphatic carbocycles. The number of nitrogens with zero attached hydrogens (tertiary/aromatic N) is 2. The number of nitrogens with one attached hydrogen (secondary N) is 1. The van der Waals surface area contributed by atoms with Crippen molar-refractivity contribution in [1.82, 2.24) is 10.2 Å². The first-order valence-electron chi connectivity index (χ1n) is 13.4. The van der Waals surface area contributed by atoms with Gasteiger partial charge in [-0.15, -0.1) is 0 Å². The minimum Gasteiger partial charge on any atom is -0.354 e. The van der Waals surface area contributed by atoms with Crippen LogP contribution in [0.3, 0.4) is 0 Å². The highest BCUT2D eigenvalue weighted by atomic mass is 32.2. The van der Waals surface area contributed by atoms with E-state index < -0.39 is 34.3 Å². The highest BCUT2D eigenvalue weighted by Crippen LogP contribution is 2.23. The molecule has 3 aromatic rings. The highest BCUT2D eigenvalue weighted by molar-refractivity contribution is 7.92. The van der Waals surface area contributed by atoms with Crippen LogP contribution in [0.25, 0.3) is 0 Å². The van der Waals surface area contributed by atoms with Gasteiger partial charge in [0.05, 0.1) is 11.9 Å². The normalized spacial score (nSPS) is 12.0.